The molecule has 122 valence electrons. The largest absolute Gasteiger partial charge is 0.479 e. The van der Waals surface area contributed by atoms with Gasteiger partial charge in [-0.2, -0.15) is 0 Å². The summed E-state index contributed by atoms with van der Waals surface area (Å²) >= 11 is 0. The summed E-state index contributed by atoms with van der Waals surface area (Å²) in [6.07, 6.45) is 2.78. The molecule has 2 aliphatic heterocycles. The van der Waals surface area contributed by atoms with Crippen LogP contribution in [0.25, 0.3) is 0 Å². The number of aliphatic hydroxyl groups is 1. The van der Waals surface area contributed by atoms with Gasteiger partial charge in [-0.1, -0.05) is 0 Å². The van der Waals surface area contributed by atoms with Crippen molar-refractivity contribution in [2.24, 2.45) is 0 Å². The SMILES string of the molecule is COc1cc(CCC(=O)N2CC[C@@]3(CCCO3)[C@@H](O)C2)on1. The van der Waals surface area contributed by atoms with E-state index in [0.29, 0.717) is 50.6 Å². The molecule has 3 rings (SSSR count). The van der Waals surface area contributed by atoms with Gasteiger partial charge < -0.3 is 24.0 Å². The van der Waals surface area contributed by atoms with Gasteiger partial charge in [0, 0.05) is 38.6 Å². The number of hydrogen-bond acceptors (Lipinski definition) is 6. The second-order valence-electron chi connectivity index (χ2n) is 5.96. The molecule has 0 saturated carbocycles. The van der Waals surface area contributed by atoms with Crippen molar-refractivity contribution < 1.29 is 23.9 Å². The molecule has 0 bridgehead atoms. The number of carbonyl (C=O) groups is 1. The lowest BCUT2D eigenvalue weighted by atomic mass is 9.86. The molecule has 1 amide bonds. The van der Waals surface area contributed by atoms with Crippen LogP contribution >= 0.6 is 0 Å². The maximum Gasteiger partial charge on any atom is 0.254 e. The van der Waals surface area contributed by atoms with Crippen molar-refractivity contribution in [1.82, 2.24) is 10.1 Å². The molecule has 0 radical (unpaired) electrons. The molecule has 7 heteroatoms. The number of aliphatic hydroxyl groups excluding tert-OH is 1. The Bertz CT molecular complexity index is 524. The van der Waals surface area contributed by atoms with Crippen molar-refractivity contribution in [1.29, 1.82) is 0 Å². The Morgan fingerprint density at radius 2 is 2.45 bits per heavy atom. The lowest BCUT2D eigenvalue weighted by Gasteiger charge is -2.42. The Kier molecular flexibility index (Phi) is 4.35. The summed E-state index contributed by atoms with van der Waals surface area (Å²) in [5, 5.41) is 14.0. The molecule has 3 heterocycles. The van der Waals surface area contributed by atoms with E-state index in [1.807, 2.05) is 0 Å². The Labute approximate surface area is 129 Å². The Morgan fingerprint density at radius 3 is 3.09 bits per heavy atom. The van der Waals surface area contributed by atoms with E-state index < -0.39 is 11.7 Å². The Balaban J connectivity index is 1.51. The molecule has 2 atom stereocenters. The third-order valence-corrected chi connectivity index (χ3v) is 4.62. The van der Waals surface area contributed by atoms with Crippen molar-refractivity contribution in [2.45, 2.75) is 43.8 Å². The third kappa shape index (κ3) is 2.96. The molecule has 7 nitrogen and oxygen atoms in total. The summed E-state index contributed by atoms with van der Waals surface area (Å²) in [5.41, 5.74) is -0.422. The average molecular weight is 310 g/mol. The van der Waals surface area contributed by atoms with Crippen LogP contribution in [-0.4, -0.2) is 59.6 Å². The molecule has 1 aromatic rings. The maximum atomic E-state index is 12.3. The number of nitrogens with zero attached hydrogens (tertiary/aromatic N) is 2. The first-order valence-corrected chi connectivity index (χ1v) is 7.72. The number of piperidine rings is 1. The monoisotopic (exact) mass is 310 g/mol. The summed E-state index contributed by atoms with van der Waals surface area (Å²) in [7, 11) is 1.52. The zero-order valence-corrected chi connectivity index (χ0v) is 12.8. The van der Waals surface area contributed by atoms with Crippen LogP contribution in [0.2, 0.25) is 0 Å². The number of ether oxygens (including phenoxy) is 2. The van der Waals surface area contributed by atoms with Gasteiger partial charge in [-0.15, -0.1) is 0 Å². The van der Waals surface area contributed by atoms with Gasteiger partial charge in [-0.3, -0.25) is 4.79 Å². The van der Waals surface area contributed by atoms with Crippen LogP contribution in [0, 0.1) is 0 Å². The highest BCUT2D eigenvalue weighted by atomic mass is 16.5. The van der Waals surface area contributed by atoms with E-state index in [1.54, 1.807) is 11.0 Å². The fraction of sp³-hybridized carbons (Fsp3) is 0.733. The summed E-state index contributed by atoms with van der Waals surface area (Å²) in [6.45, 7) is 1.69. The molecular weight excluding hydrogens is 288 g/mol. The van der Waals surface area contributed by atoms with E-state index >= 15 is 0 Å². The zero-order chi connectivity index (χ0) is 15.6. The highest BCUT2D eigenvalue weighted by molar-refractivity contribution is 5.76. The van der Waals surface area contributed by atoms with Gasteiger partial charge in [0.2, 0.25) is 5.91 Å². The van der Waals surface area contributed by atoms with Crippen LogP contribution in [0.5, 0.6) is 5.88 Å². The molecule has 1 N–H and O–H groups in total. The first-order valence-electron chi connectivity index (χ1n) is 7.72. The van der Waals surface area contributed by atoms with Gasteiger partial charge in [-0.25, -0.2) is 0 Å². The van der Waals surface area contributed by atoms with Gasteiger partial charge in [-0.05, 0) is 24.4 Å². The van der Waals surface area contributed by atoms with Crippen LogP contribution in [0.1, 0.15) is 31.4 Å². The van der Waals surface area contributed by atoms with Crippen LogP contribution < -0.4 is 4.74 Å². The van der Waals surface area contributed by atoms with Crippen molar-refractivity contribution in [2.75, 3.05) is 26.8 Å². The van der Waals surface area contributed by atoms with Crippen LogP contribution in [0.15, 0.2) is 10.6 Å². The van der Waals surface area contributed by atoms with E-state index in [4.69, 9.17) is 14.0 Å². The Morgan fingerprint density at radius 1 is 1.59 bits per heavy atom. The molecule has 1 spiro atoms. The van der Waals surface area contributed by atoms with E-state index in [-0.39, 0.29) is 5.91 Å². The molecule has 0 aromatic carbocycles. The summed E-state index contributed by atoms with van der Waals surface area (Å²) in [5.74, 6) is 1.05. The van der Waals surface area contributed by atoms with E-state index in [2.05, 4.69) is 5.16 Å². The first-order chi connectivity index (χ1) is 10.6. The summed E-state index contributed by atoms with van der Waals surface area (Å²) in [4.78, 5) is 14.0. The lowest BCUT2D eigenvalue weighted by molar-refractivity contribution is -0.152. The standard InChI is InChI=1S/C15H22N2O5/c1-20-13-9-11(22-16-13)3-4-14(19)17-7-6-15(12(18)10-17)5-2-8-21-15/h9,12,18H,2-8,10H2,1H3/t12-,15-/m0/s1. The first kappa shape index (κ1) is 15.3. The van der Waals surface area contributed by atoms with Gasteiger partial charge in [0.1, 0.15) is 11.9 Å². The number of likely N-dealkylation sites (tertiary alicyclic amines) is 1. The van der Waals surface area contributed by atoms with Crippen molar-refractivity contribution in [3.8, 4) is 5.88 Å². The average Bonchev–Trinajstić information content (AvgIpc) is 3.17. The molecular formula is C15H22N2O5. The van der Waals surface area contributed by atoms with Crippen LogP contribution in [0.4, 0.5) is 0 Å². The number of β-amino-alcohol motifs (C(OH)–C–C–N with tert-alkyl or cyclic N) is 1. The second-order valence-corrected chi connectivity index (χ2v) is 5.96. The van der Waals surface area contributed by atoms with E-state index in [1.165, 1.54) is 7.11 Å². The second kappa shape index (κ2) is 6.26. The van der Waals surface area contributed by atoms with Gasteiger partial charge in [0.25, 0.3) is 5.88 Å². The molecule has 2 fully saturated rings. The Hall–Kier alpha value is -1.60. The van der Waals surface area contributed by atoms with Gasteiger partial charge >= 0.3 is 0 Å². The minimum atomic E-state index is -0.599. The molecule has 1 aromatic heterocycles. The number of rotatable bonds is 4. The number of aryl methyl sites for hydroxylation is 1. The molecule has 0 unspecified atom stereocenters. The normalized spacial score (nSPS) is 28.3. The quantitative estimate of drug-likeness (QED) is 0.883. The maximum absolute atomic E-state index is 12.3. The topological polar surface area (TPSA) is 85.0 Å². The minimum Gasteiger partial charge on any atom is -0.479 e. The fourth-order valence-corrected chi connectivity index (χ4v) is 3.26. The molecule has 2 saturated heterocycles. The highest BCUT2D eigenvalue weighted by Crippen LogP contribution is 2.36. The highest BCUT2D eigenvalue weighted by Gasteiger charge is 2.46. The van der Waals surface area contributed by atoms with Crippen molar-refractivity contribution >= 4 is 5.91 Å². The zero-order valence-electron chi connectivity index (χ0n) is 12.8. The smallest absolute Gasteiger partial charge is 0.254 e. The van der Waals surface area contributed by atoms with Crippen LogP contribution in [0.3, 0.4) is 0 Å². The van der Waals surface area contributed by atoms with E-state index in [9.17, 15) is 9.90 Å². The molecule has 2 aliphatic rings. The number of aromatic nitrogens is 1. The van der Waals surface area contributed by atoms with Crippen molar-refractivity contribution in [3.05, 3.63) is 11.8 Å². The molecule has 22 heavy (non-hydrogen) atoms. The van der Waals surface area contributed by atoms with Crippen molar-refractivity contribution in [3.63, 3.8) is 0 Å². The summed E-state index contributed by atoms with van der Waals surface area (Å²) < 4.78 is 15.8. The minimum absolute atomic E-state index is 0.0160. The predicted molar refractivity (Wildman–Crippen MR) is 76.5 cm³/mol. The predicted octanol–water partition coefficient (Wildman–Crippen LogP) is 0.758. The summed E-state index contributed by atoms with van der Waals surface area (Å²) in [6, 6.07) is 1.68. The van der Waals surface area contributed by atoms with Crippen LogP contribution in [-0.2, 0) is 16.0 Å². The fourth-order valence-electron chi connectivity index (χ4n) is 3.26. The van der Waals surface area contributed by atoms with Gasteiger partial charge in [0.15, 0.2) is 0 Å². The lowest BCUT2D eigenvalue weighted by Crippen LogP contribution is -2.56. The molecule has 0 aliphatic carbocycles. The van der Waals surface area contributed by atoms with E-state index in [0.717, 1.165) is 12.8 Å². The number of methoxy groups -OCH3 is 1. The van der Waals surface area contributed by atoms with Gasteiger partial charge in [0.05, 0.1) is 12.7 Å². The third-order valence-electron chi connectivity index (χ3n) is 4.62. The number of carbonyl (C=O) groups excluding carboxylic acids is 1. The number of hydrogen-bond donors (Lipinski definition) is 1. The number of amides is 1.